The van der Waals surface area contributed by atoms with Gasteiger partial charge in [-0.05, 0) is 24.6 Å². The first kappa shape index (κ1) is 11.8. The van der Waals surface area contributed by atoms with Crippen molar-refractivity contribution in [3.8, 4) is 0 Å². The second kappa shape index (κ2) is 5.00. The average molecular weight is 247 g/mol. The van der Waals surface area contributed by atoms with E-state index in [1.54, 1.807) is 19.1 Å². The fraction of sp³-hybridized carbons (Fsp3) is 0.111. The van der Waals surface area contributed by atoms with Crippen LogP contribution in [0.5, 0.6) is 0 Å². The first-order chi connectivity index (χ1) is 7.06. The molecule has 0 saturated carbocycles. The number of nitrogens with zero attached hydrogens (tertiary/aromatic N) is 1. The van der Waals surface area contributed by atoms with E-state index in [9.17, 15) is 4.79 Å². The van der Waals surface area contributed by atoms with Crippen LogP contribution in [0.2, 0.25) is 10.0 Å². The van der Waals surface area contributed by atoms with E-state index in [0.717, 1.165) is 6.21 Å². The molecular weight excluding hydrogens is 239 g/mol. The Morgan fingerprint density at radius 3 is 2.80 bits per heavy atom. The van der Waals surface area contributed by atoms with Crippen LogP contribution in [0.4, 0.5) is 5.69 Å². The molecule has 1 aromatic rings. The molecule has 0 aromatic heterocycles. The van der Waals surface area contributed by atoms with Crippen LogP contribution in [0.1, 0.15) is 5.56 Å². The molecule has 1 aromatic carbocycles. The van der Waals surface area contributed by atoms with Gasteiger partial charge in [-0.25, -0.2) is 0 Å². The summed E-state index contributed by atoms with van der Waals surface area (Å²) >= 11 is 11.6. The fourth-order valence-corrected chi connectivity index (χ4v) is 1.37. The van der Waals surface area contributed by atoms with Crippen molar-refractivity contribution in [3.05, 3.63) is 27.7 Å². The number of hydrogen-bond donors (Lipinski definition) is 2. The molecule has 0 aliphatic rings. The number of oxime groups is 1. The van der Waals surface area contributed by atoms with E-state index in [4.69, 9.17) is 28.4 Å². The second-order valence-corrected chi connectivity index (χ2v) is 3.55. The molecule has 4 nitrogen and oxygen atoms in total. The molecule has 1 rings (SSSR count). The Morgan fingerprint density at radius 2 is 2.20 bits per heavy atom. The molecule has 0 spiro atoms. The monoisotopic (exact) mass is 246 g/mol. The summed E-state index contributed by atoms with van der Waals surface area (Å²) in [7, 11) is 0. The van der Waals surface area contributed by atoms with Gasteiger partial charge in [0.2, 0.25) is 0 Å². The number of benzene rings is 1. The lowest BCUT2D eigenvalue weighted by atomic mass is 10.2. The van der Waals surface area contributed by atoms with Gasteiger partial charge in [0.15, 0.2) is 0 Å². The van der Waals surface area contributed by atoms with Crippen LogP contribution < -0.4 is 5.32 Å². The summed E-state index contributed by atoms with van der Waals surface area (Å²) < 4.78 is 0. The lowest BCUT2D eigenvalue weighted by molar-refractivity contribution is -0.110. The van der Waals surface area contributed by atoms with Gasteiger partial charge >= 0.3 is 0 Å². The molecule has 0 radical (unpaired) electrons. The summed E-state index contributed by atoms with van der Waals surface area (Å²) in [5, 5.41) is 14.0. The number of nitrogens with one attached hydrogen (secondary N) is 1. The quantitative estimate of drug-likeness (QED) is 0.479. The van der Waals surface area contributed by atoms with Crippen molar-refractivity contribution >= 4 is 41.0 Å². The summed E-state index contributed by atoms with van der Waals surface area (Å²) in [6.07, 6.45) is 0.752. The standard InChI is InChI=1S/C9H8Cl2N2O2/c1-5-7(13-8(14)4-12-15)3-2-6(10)9(5)11/h2-4,15H,1H3,(H,13,14)/b12-4-. The summed E-state index contributed by atoms with van der Waals surface area (Å²) in [4.78, 5) is 11.1. The highest BCUT2D eigenvalue weighted by atomic mass is 35.5. The Bertz CT molecular complexity index is 419. The number of amides is 1. The molecular formula is C9H8Cl2N2O2. The maximum atomic E-state index is 11.1. The van der Waals surface area contributed by atoms with Crippen LogP contribution >= 0.6 is 23.2 Å². The van der Waals surface area contributed by atoms with E-state index in [1.165, 1.54) is 0 Å². The number of carbonyl (C=O) groups excluding carboxylic acids is 1. The van der Waals surface area contributed by atoms with Gasteiger partial charge in [0, 0.05) is 5.69 Å². The predicted octanol–water partition coefficient (Wildman–Crippen LogP) is 2.70. The van der Waals surface area contributed by atoms with Gasteiger partial charge in [-0.3, -0.25) is 4.79 Å². The minimum absolute atomic E-state index is 0.385. The van der Waals surface area contributed by atoms with Gasteiger partial charge in [-0.15, -0.1) is 0 Å². The average Bonchev–Trinajstić information content (AvgIpc) is 2.20. The van der Waals surface area contributed by atoms with E-state index in [1.807, 2.05) is 0 Å². The van der Waals surface area contributed by atoms with Crippen molar-refractivity contribution < 1.29 is 10.0 Å². The van der Waals surface area contributed by atoms with Crippen LogP contribution in [0.25, 0.3) is 0 Å². The van der Waals surface area contributed by atoms with Gasteiger partial charge in [-0.2, -0.15) is 0 Å². The van der Waals surface area contributed by atoms with Gasteiger partial charge < -0.3 is 10.5 Å². The normalized spacial score (nSPS) is 10.6. The van der Waals surface area contributed by atoms with Crippen molar-refractivity contribution in [2.24, 2.45) is 5.16 Å². The molecule has 0 fully saturated rings. The zero-order valence-corrected chi connectivity index (χ0v) is 9.30. The molecule has 6 heteroatoms. The minimum atomic E-state index is -0.543. The van der Waals surface area contributed by atoms with Crippen LogP contribution in [-0.4, -0.2) is 17.3 Å². The smallest absolute Gasteiger partial charge is 0.270 e. The first-order valence-corrected chi connectivity index (χ1v) is 4.75. The van der Waals surface area contributed by atoms with Gasteiger partial charge in [0.05, 0.1) is 10.0 Å². The molecule has 0 saturated heterocycles. The lowest BCUT2D eigenvalue weighted by Crippen LogP contribution is -2.13. The minimum Gasteiger partial charge on any atom is -0.411 e. The third kappa shape index (κ3) is 2.84. The highest BCUT2D eigenvalue weighted by Crippen LogP contribution is 2.30. The molecule has 0 aliphatic heterocycles. The number of anilines is 1. The molecule has 0 bridgehead atoms. The molecule has 80 valence electrons. The van der Waals surface area contributed by atoms with Crippen molar-refractivity contribution in [1.82, 2.24) is 0 Å². The highest BCUT2D eigenvalue weighted by Gasteiger charge is 2.08. The van der Waals surface area contributed by atoms with E-state index >= 15 is 0 Å². The SMILES string of the molecule is Cc1c(NC(=O)/C=N\O)ccc(Cl)c1Cl. The zero-order chi connectivity index (χ0) is 11.4. The second-order valence-electron chi connectivity index (χ2n) is 2.77. The molecule has 0 unspecified atom stereocenters. The third-order valence-electron chi connectivity index (χ3n) is 1.77. The topological polar surface area (TPSA) is 61.7 Å². The molecule has 2 N–H and O–H groups in total. The van der Waals surface area contributed by atoms with Crippen molar-refractivity contribution in [3.63, 3.8) is 0 Å². The van der Waals surface area contributed by atoms with Crippen LogP contribution in [0, 0.1) is 6.92 Å². The Balaban J connectivity index is 2.97. The zero-order valence-electron chi connectivity index (χ0n) is 7.79. The van der Waals surface area contributed by atoms with Crippen LogP contribution in [-0.2, 0) is 4.79 Å². The maximum absolute atomic E-state index is 11.1. The van der Waals surface area contributed by atoms with E-state index in [0.29, 0.717) is 21.3 Å². The summed E-state index contributed by atoms with van der Waals surface area (Å²) in [6.45, 7) is 1.72. The number of carbonyl (C=O) groups is 1. The van der Waals surface area contributed by atoms with Crippen molar-refractivity contribution in [2.45, 2.75) is 6.92 Å². The predicted molar refractivity (Wildman–Crippen MR) is 60.1 cm³/mol. The molecule has 0 heterocycles. The Morgan fingerprint density at radius 1 is 1.53 bits per heavy atom. The van der Waals surface area contributed by atoms with Gasteiger partial charge in [0.1, 0.15) is 6.21 Å². The molecule has 15 heavy (non-hydrogen) atoms. The highest BCUT2D eigenvalue weighted by molar-refractivity contribution is 6.43. The summed E-state index contributed by atoms with van der Waals surface area (Å²) in [6, 6.07) is 3.19. The van der Waals surface area contributed by atoms with Gasteiger partial charge in [0.25, 0.3) is 5.91 Å². The molecule has 0 aliphatic carbocycles. The first-order valence-electron chi connectivity index (χ1n) is 3.99. The Labute approximate surface area is 96.5 Å². The number of hydrogen-bond acceptors (Lipinski definition) is 3. The van der Waals surface area contributed by atoms with Crippen molar-refractivity contribution in [2.75, 3.05) is 5.32 Å². The number of halogens is 2. The Hall–Kier alpha value is -1.26. The van der Waals surface area contributed by atoms with Crippen molar-refractivity contribution in [1.29, 1.82) is 0 Å². The van der Waals surface area contributed by atoms with E-state index in [-0.39, 0.29) is 0 Å². The third-order valence-corrected chi connectivity index (χ3v) is 2.67. The molecule has 0 atom stereocenters. The summed E-state index contributed by atoms with van der Waals surface area (Å²) in [5.74, 6) is -0.543. The Kier molecular flexibility index (Phi) is 3.94. The van der Waals surface area contributed by atoms with Gasteiger partial charge in [-0.1, -0.05) is 28.4 Å². The maximum Gasteiger partial charge on any atom is 0.270 e. The molecule has 1 amide bonds. The van der Waals surface area contributed by atoms with E-state index < -0.39 is 5.91 Å². The fourth-order valence-electron chi connectivity index (χ4n) is 1.00. The van der Waals surface area contributed by atoms with E-state index in [2.05, 4.69) is 10.5 Å². The van der Waals surface area contributed by atoms with Crippen LogP contribution in [0.3, 0.4) is 0 Å². The largest absolute Gasteiger partial charge is 0.411 e. The summed E-state index contributed by atoms with van der Waals surface area (Å²) in [5.41, 5.74) is 1.18. The number of rotatable bonds is 2. The lowest BCUT2D eigenvalue weighted by Gasteiger charge is -2.08. The van der Waals surface area contributed by atoms with Crippen LogP contribution in [0.15, 0.2) is 17.3 Å².